The fourth-order valence-electron chi connectivity index (χ4n) is 2.73. The van der Waals surface area contributed by atoms with Gasteiger partial charge in [0.25, 0.3) is 0 Å². The van der Waals surface area contributed by atoms with E-state index < -0.39 is 35.7 Å². The third-order valence-corrected chi connectivity index (χ3v) is 3.98. The molecule has 1 fully saturated rings. The second kappa shape index (κ2) is 8.41. The number of esters is 1. The maximum Gasteiger partial charge on any atom is 0.417 e. The molecule has 1 aromatic carbocycles. The zero-order valence-corrected chi connectivity index (χ0v) is 14.3. The van der Waals surface area contributed by atoms with Crippen molar-refractivity contribution in [2.24, 2.45) is 5.92 Å². The molecule has 1 aliphatic heterocycles. The third kappa shape index (κ3) is 4.65. The molecule has 1 aromatic rings. The Kier molecular flexibility index (Phi) is 6.27. The Labute approximate surface area is 145 Å². The maximum absolute atomic E-state index is 12.7. The molecule has 0 aromatic heterocycles. The number of nitrogens with zero attached hydrogens (tertiary/aromatic N) is 1. The molecule has 25 heavy (non-hydrogen) atoms. The number of hydrogen-bond donors (Lipinski definition) is 0. The van der Waals surface area contributed by atoms with Gasteiger partial charge in [-0.1, -0.05) is 30.3 Å². The zero-order chi connectivity index (χ0) is 18.4. The molecule has 0 bridgehead atoms. The van der Waals surface area contributed by atoms with Gasteiger partial charge in [0.2, 0.25) is 5.91 Å². The average Bonchev–Trinajstić information content (AvgIpc) is 2.93. The number of cyclic esters (lactones) is 1. The number of amides is 2. The summed E-state index contributed by atoms with van der Waals surface area (Å²) in [6.07, 6.45) is -0.757. The molecule has 0 spiro atoms. The highest BCUT2D eigenvalue weighted by molar-refractivity contribution is 6.07. The summed E-state index contributed by atoms with van der Waals surface area (Å²) in [4.78, 5) is 49.2. The molecule has 1 saturated heterocycles. The summed E-state index contributed by atoms with van der Waals surface area (Å²) >= 11 is 0. The van der Waals surface area contributed by atoms with E-state index in [-0.39, 0.29) is 19.6 Å². The average molecular weight is 347 g/mol. The van der Waals surface area contributed by atoms with Crippen LogP contribution in [0.15, 0.2) is 30.3 Å². The summed E-state index contributed by atoms with van der Waals surface area (Å²) in [5.41, 5.74) is 0.938. The first-order chi connectivity index (χ1) is 11.9. The van der Waals surface area contributed by atoms with Crippen LogP contribution in [0.25, 0.3) is 0 Å². The Morgan fingerprint density at radius 2 is 1.96 bits per heavy atom. The summed E-state index contributed by atoms with van der Waals surface area (Å²) in [7, 11) is 0. The number of hydrogen-bond acceptors (Lipinski definition) is 6. The summed E-state index contributed by atoms with van der Waals surface area (Å²) in [5.74, 6) is -3.11. The van der Waals surface area contributed by atoms with Crippen LogP contribution in [0.2, 0.25) is 0 Å². The van der Waals surface area contributed by atoms with Crippen LogP contribution in [-0.2, 0) is 30.3 Å². The normalized spacial score (nSPS) is 17.8. The monoisotopic (exact) mass is 347 g/mol. The van der Waals surface area contributed by atoms with E-state index in [4.69, 9.17) is 9.47 Å². The van der Waals surface area contributed by atoms with E-state index >= 15 is 0 Å². The topological polar surface area (TPSA) is 90.0 Å². The van der Waals surface area contributed by atoms with Crippen molar-refractivity contribution < 1.29 is 28.7 Å². The first kappa shape index (κ1) is 18.6. The molecule has 2 atom stereocenters. The molecule has 1 heterocycles. The van der Waals surface area contributed by atoms with Gasteiger partial charge in [-0.3, -0.25) is 14.4 Å². The first-order valence-electron chi connectivity index (χ1n) is 8.13. The second-order valence-electron chi connectivity index (χ2n) is 5.80. The van der Waals surface area contributed by atoms with Gasteiger partial charge in [-0.15, -0.1) is 0 Å². The van der Waals surface area contributed by atoms with Crippen molar-refractivity contribution in [2.75, 3.05) is 13.2 Å². The van der Waals surface area contributed by atoms with Crippen LogP contribution in [0, 0.1) is 5.92 Å². The van der Waals surface area contributed by atoms with Crippen LogP contribution in [0.1, 0.15) is 25.8 Å². The highest BCUT2D eigenvalue weighted by atomic mass is 16.6. The van der Waals surface area contributed by atoms with Gasteiger partial charge in [0.15, 0.2) is 0 Å². The Balaban J connectivity index is 2.15. The molecule has 0 N–H and O–H groups in total. The van der Waals surface area contributed by atoms with Crippen LogP contribution in [0.3, 0.4) is 0 Å². The minimum Gasteiger partial charge on any atom is -0.466 e. The smallest absolute Gasteiger partial charge is 0.417 e. The van der Waals surface area contributed by atoms with E-state index in [0.717, 1.165) is 10.5 Å². The van der Waals surface area contributed by atoms with Crippen LogP contribution < -0.4 is 0 Å². The summed E-state index contributed by atoms with van der Waals surface area (Å²) < 4.78 is 9.80. The molecule has 0 radical (unpaired) electrons. The van der Waals surface area contributed by atoms with E-state index in [9.17, 15) is 19.2 Å². The predicted octanol–water partition coefficient (Wildman–Crippen LogP) is 1.73. The Morgan fingerprint density at radius 3 is 2.56 bits per heavy atom. The number of Topliss-reactive ketones (excluding diaryl/α,β-unsaturated/α-hetero) is 1. The second-order valence-corrected chi connectivity index (χ2v) is 5.80. The Morgan fingerprint density at radius 1 is 1.28 bits per heavy atom. The molecule has 0 unspecified atom stereocenters. The van der Waals surface area contributed by atoms with Gasteiger partial charge in [-0.05, 0) is 25.8 Å². The number of carbonyl (C=O) groups is 4. The SMILES string of the molecule is CCOC(=O)C[C@@H](C(C)=O)C(=O)N1C(=O)OC[C@@H]1Cc1ccccc1. The molecule has 1 aliphatic rings. The van der Waals surface area contributed by atoms with Crippen molar-refractivity contribution in [1.29, 1.82) is 0 Å². The molecule has 0 saturated carbocycles. The van der Waals surface area contributed by atoms with Crippen molar-refractivity contribution >= 4 is 23.8 Å². The number of imide groups is 1. The fraction of sp³-hybridized carbons (Fsp3) is 0.444. The van der Waals surface area contributed by atoms with Gasteiger partial charge in [-0.2, -0.15) is 0 Å². The van der Waals surface area contributed by atoms with Gasteiger partial charge < -0.3 is 9.47 Å². The van der Waals surface area contributed by atoms with Crippen molar-refractivity contribution in [3.8, 4) is 0 Å². The molecule has 2 rings (SSSR count). The van der Waals surface area contributed by atoms with E-state index in [2.05, 4.69) is 0 Å². The number of benzene rings is 1. The van der Waals surface area contributed by atoms with Gasteiger partial charge in [0.05, 0.1) is 19.1 Å². The standard InChI is InChI=1S/C18H21NO6/c1-3-24-16(21)10-15(12(2)20)17(22)19-14(11-25-18(19)23)9-13-7-5-4-6-8-13/h4-8,14-15H,3,9-11H2,1-2H3/t14-,15-/m0/s1. The Bertz CT molecular complexity index is 657. The largest absolute Gasteiger partial charge is 0.466 e. The van der Waals surface area contributed by atoms with E-state index in [1.807, 2.05) is 30.3 Å². The minimum absolute atomic E-state index is 0.0590. The number of ether oxygens (including phenoxy) is 2. The minimum atomic E-state index is -1.25. The lowest BCUT2D eigenvalue weighted by Gasteiger charge is -2.23. The predicted molar refractivity (Wildman–Crippen MR) is 87.5 cm³/mol. The van der Waals surface area contributed by atoms with Crippen LogP contribution in [0.4, 0.5) is 4.79 Å². The van der Waals surface area contributed by atoms with Crippen LogP contribution in [0.5, 0.6) is 0 Å². The molecule has 134 valence electrons. The lowest BCUT2D eigenvalue weighted by Crippen LogP contribution is -2.45. The summed E-state index contributed by atoms with van der Waals surface area (Å²) in [6.45, 7) is 3.06. The molecule has 0 aliphatic carbocycles. The molecule has 7 nitrogen and oxygen atoms in total. The third-order valence-electron chi connectivity index (χ3n) is 3.98. The molecular formula is C18H21NO6. The summed E-state index contributed by atoms with van der Waals surface area (Å²) in [5, 5.41) is 0. The van der Waals surface area contributed by atoms with Gasteiger partial charge >= 0.3 is 12.1 Å². The lowest BCUT2D eigenvalue weighted by atomic mass is 9.97. The first-order valence-corrected chi connectivity index (χ1v) is 8.13. The van der Waals surface area contributed by atoms with Crippen molar-refractivity contribution in [2.45, 2.75) is 32.7 Å². The van der Waals surface area contributed by atoms with Crippen LogP contribution >= 0.6 is 0 Å². The van der Waals surface area contributed by atoms with E-state index in [1.54, 1.807) is 6.92 Å². The van der Waals surface area contributed by atoms with Gasteiger partial charge in [0.1, 0.15) is 18.3 Å². The van der Waals surface area contributed by atoms with E-state index in [1.165, 1.54) is 6.92 Å². The Hall–Kier alpha value is -2.70. The fourth-order valence-corrected chi connectivity index (χ4v) is 2.73. The quantitative estimate of drug-likeness (QED) is 0.551. The number of carbonyl (C=O) groups excluding carboxylic acids is 4. The number of rotatable bonds is 7. The number of ketones is 1. The van der Waals surface area contributed by atoms with Crippen molar-refractivity contribution in [3.05, 3.63) is 35.9 Å². The van der Waals surface area contributed by atoms with E-state index in [0.29, 0.717) is 6.42 Å². The molecular weight excluding hydrogens is 326 g/mol. The van der Waals surface area contributed by atoms with Crippen LogP contribution in [-0.4, -0.2) is 47.9 Å². The maximum atomic E-state index is 12.7. The highest BCUT2D eigenvalue weighted by Gasteiger charge is 2.42. The summed E-state index contributed by atoms with van der Waals surface area (Å²) in [6, 6.07) is 8.84. The zero-order valence-electron chi connectivity index (χ0n) is 14.3. The van der Waals surface area contributed by atoms with Gasteiger partial charge in [-0.25, -0.2) is 9.69 Å². The molecule has 2 amide bonds. The highest BCUT2D eigenvalue weighted by Crippen LogP contribution is 2.22. The van der Waals surface area contributed by atoms with Crippen molar-refractivity contribution in [3.63, 3.8) is 0 Å². The van der Waals surface area contributed by atoms with Gasteiger partial charge in [0, 0.05) is 0 Å². The molecule has 7 heteroatoms. The van der Waals surface area contributed by atoms with Crippen molar-refractivity contribution in [1.82, 2.24) is 4.90 Å². The lowest BCUT2D eigenvalue weighted by molar-refractivity contribution is -0.150.